The van der Waals surface area contributed by atoms with E-state index in [9.17, 15) is 18.0 Å². The molecule has 0 unspecified atom stereocenters. The van der Waals surface area contributed by atoms with Gasteiger partial charge in [-0.25, -0.2) is 13.8 Å². The van der Waals surface area contributed by atoms with Gasteiger partial charge < -0.3 is 4.74 Å². The number of carbonyl (C=O) groups excluding carboxylic acids is 1. The molecule has 1 aromatic rings. The van der Waals surface area contributed by atoms with Crippen molar-refractivity contribution in [2.75, 3.05) is 7.11 Å². The standard InChI is InChI=1S/C8H6F3NO2/c1-14-4-2-3-12-8(11)5(4)6(13)7(9)10/h2-3,7H,1H3. The fraction of sp³-hybridized carbons (Fsp3) is 0.250. The highest BCUT2D eigenvalue weighted by atomic mass is 19.3. The lowest BCUT2D eigenvalue weighted by Gasteiger charge is -2.06. The molecule has 1 rings (SSSR count). The van der Waals surface area contributed by atoms with Gasteiger partial charge in [0.15, 0.2) is 0 Å². The van der Waals surface area contributed by atoms with E-state index < -0.39 is 23.7 Å². The third-order valence-electron chi connectivity index (χ3n) is 1.53. The van der Waals surface area contributed by atoms with Crippen molar-refractivity contribution in [2.24, 2.45) is 0 Å². The number of pyridine rings is 1. The number of alkyl halides is 2. The van der Waals surface area contributed by atoms with E-state index in [1.807, 2.05) is 0 Å². The first-order chi connectivity index (χ1) is 6.57. The van der Waals surface area contributed by atoms with E-state index in [-0.39, 0.29) is 5.75 Å². The number of hydrogen-bond acceptors (Lipinski definition) is 3. The number of halogens is 3. The fourth-order valence-electron chi connectivity index (χ4n) is 0.922. The number of methoxy groups -OCH3 is 1. The quantitative estimate of drug-likeness (QED) is 0.556. The Labute approximate surface area is 77.5 Å². The van der Waals surface area contributed by atoms with Crippen LogP contribution in [0.1, 0.15) is 10.4 Å². The zero-order valence-corrected chi connectivity index (χ0v) is 7.13. The van der Waals surface area contributed by atoms with Crippen LogP contribution in [0.3, 0.4) is 0 Å². The zero-order valence-electron chi connectivity index (χ0n) is 7.13. The summed E-state index contributed by atoms with van der Waals surface area (Å²) in [6, 6.07) is 1.14. The van der Waals surface area contributed by atoms with Gasteiger partial charge in [-0.1, -0.05) is 0 Å². The molecular weight excluding hydrogens is 199 g/mol. The van der Waals surface area contributed by atoms with Gasteiger partial charge in [0.05, 0.1) is 7.11 Å². The molecule has 0 atom stereocenters. The summed E-state index contributed by atoms with van der Waals surface area (Å²) in [6.07, 6.45) is -2.25. The number of carbonyl (C=O) groups is 1. The van der Waals surface area contributed by atoms with Crippen LogP contribution in [0.2, 0.25) is 0 Å². The number of nitrogens with zero attached hydrogens (tertiary/aromatic N) is 1. The maximum Gasteiger partial charge on any atom is 0.300 e. The summed E-state index contributed by atoms with van der Waals surface area (Å²) in [4.78, 5) is 13.9. The molecule has 0 fully saturated rings. The van der Waals surface area contributed by atoms with Crippen LogP contribution in [-0.4, -0.2) is 24.3 Å². The summed E-state index contributed by atoms with van der Waals surface area (Å²) in [6.45, 7) is 0. The van der Waals surface area contributed by atoms with Crippen LogP contribution >= 0.6 is 0 Å². The van der Waals surface area contributed by atoms with Gasteiger partial charge in [0, 0.05) is 6.20 Å². The Morgan fingerprint density at radius 2 is 2.21 bits per heavy atom. The van der Waals surface area contributed by atoms with Gasteiger partial charge in [-0.05, 0) is 6.07 Å². The smallest absolute Gasteiger partial charge is 0.300 e. The Balaban J connectivity index is 3.23. The SMILES string of the molecule is COc1ccnc(F)c1C(=O)C(F)F. The zero-order chi connectivity index (χ0) is 10.7. The number of rotatable bonds is 3. The molecule has 0 N–H and O–H groups in total. The van der Waals surface area contributed by atoms with E-state index in [1.165, 1.54) is 0 Å². The molecular formula is C8H6F3NO2. The fourth-order valence-corrected chi connectivity index (χ4v) is 0.922. The van der Waals surface area contributed by atoms with Crippen molar-refractivity contribution < 1.29 is 22.7 Å². The largest absolute Gasteiger partial charge is 0.496 e. The number of ether oxygens (including phenoxy) is 1. The molecule has 0 aliphatic rings. The van der Waals surface area contributed by atoms with Crippen LogP contribution in [0.5, 0.6) is 5.75 Å². The average molecular weight is 205 g/mol. The third-order valence-corrected chi connectivity index (χ3v) is 1.53. The van der Waals surface area contributed by atoms with Crippen molar-refractivity contribution in [3.63, 3.8) is 0 Å². The van der Waals surface area contributed by atoms with E-state index in [1.54, 1.807) is 0 Å². The lowest BCUT2D eigenvalue weighted by molar-refractivity contribution is 0.0669. The molecule has 0 aliphatic carbocycles. The lowest BCUT2D eigenvalue weighted by atomic mass is 10.1. The molecule has 76 valence electrons. The summed E-state index contributed by atoms with van der Waals surface area (Å²) in [5.41, 5.74) is -0.815. The van der Waals surface area contributed by atoms with Crippen molar-refractivity contribution in [2.45, 2.75) is 6.43 Å². The molecule has 0 amide bonds. The summed E-state index contributed by atoms with van der Waals surface area (Å²) >= 11 is 0. The van der Waals surface area contributed by atoms with Crippen molar-refractivity contribution in [1.82, 2.24) is 4.98 Å². The minimum Gasteiger partial charge on any atom is -0.496 e. The Morgan fingerprint density at radius 1 is 1.57 bits per heavy atom. The first-order valence-corrected chi connectivity index (χ1v) is 3.58. The van der Waals surface area contributed by atoms with Gasteiger partial charge in [-0.2, -0.15) is 4.39 Å². The normalized spacial score (nSPS) is 10.4. The molecule has 0 aliphatic heterocycles. The van der Waals surface area contributed by atoms with Crippen LogP contribution in [0.15, 0.2) is 12.3 Å². The van der Waals surface area contributed by atoms with Crippen molar-refractivity contribution in [3.05, 3.63) is 23.8 Å². The van der Waals surface area contributed by atoms with Crippen LogP contribution in [0.4, 0.5) is 13.2 Å². The number of Topliss-reactive ketones (excluding diaryl/α,β-unsaturated/α-hetero) is 1. The first-order valence-electron chi connectivity index (χ1n) is 3.58. The van der Waals surface area contributed by atoms with Crippen LogP contribution < -0.4 is 4.74 Å². The summed E-state index contributed by atoms with van der Waals surface area (Å²) in [7, 11) is 1.15. The predicted molar refractivity (Wildman–Crippen MR) is 41.1 cm³/mol. The van der Waals surface area contributed by atoms with Gasteiger partial charge in [-0.15, -0.1) is 0 Å². The highest BCUT2D eigenvalue weighted by molar-refractivity contribution is 6.00. The van der Waals surface area contributed by atoms with Crippen LogP contribution in [0, 0.1) is 5.95 Å². The molecule has 0 aromatic carbocycles. The van der Waals surface area contributed by atoms with Crippen LogP contribution in [-0.2, 0) is 0 Å². The Kier molecular flexibility index (Phi) is 3.06. The molecule has 0 radical (unpaired) electrons. The highest BCUT2D eigenvalue weighted by Crippen LogP contribution is 2.22. The minimum absolute atomic E-state index is 0.247. The van der Waals surface area contributed by atoms with E-state index >= 15 is 0 Å². The maximum absolute atomic E-state index is 12.9. The first kappa shape index (κ1) is 10.5. The summed E-state index contributed by atoms with van der Waals surface area (Å²) in [5.74, 6) is -3.13. The predicted octanol–water partition coefficient (Wildman–Crippen LogP) is 1.68. The second kappa shape index (κ2) is 4.08. The number of hydrogen-bond donors (Lipinski definition) is 0. The molecule has 0 saturated carbocycles. The molecule has 0 saturated heterocycles. The van der Waals surface area contributed by atoms with E-state index in [2.05, 4.69) is 9.72 Å². The monoisotopic (exact) mass is 205 g/mol. The van der Waals surface area contributed by atoms with E-state index in [0.717, 1.165) is 19.4 Å². The molecule has 1 aromatic heterocycles. The maximum atomic E-state index is 12.9. The minimum atomic E-state index is -3.28. The summed E-state index contributed by atoms with van der Waals surface area (Å²) in [5, 5.41) is 0. The Morgan fingerprint density at radius 3 is 2.71 bits per heavy atom. The van der Waals surface area contributed by atoms with E-state index in [4.69, 9.17) is 0 Å². The second-order valence-electron chi connectivity index (χ2n) is 2.34. The van der Waals surface area contributed by atoms with Gasteiger partial charge in [0.1, 0.15) is 11.3 Å². The third kappa shape index (κ3) is 1.84. The topological polar surface area (TPSA) is 39.2 Å². The lowest BCUT2D eigenvalue weighted by Crippen LogP contribution is -2.14. The second-order valence-corrected chi connectivity index (χ2v) is 2.34. The highest BCUT2D eigenvalue weighted by Gasteiger charge is 2.26. The van der Waals surface area contributed by atoms with Gasteiger partial charge >= 0.3 is 6.43 Å². The van der Waals surface area contributed by atoms with E-state index in [0.29, 0.717) is 0 Å². The summed E-state index contributed by atoms with van der Waals surface area (Å²) < 4.78 is 41.5. The van der Waals surface area contributed by atoms with Gasteiger partial charge in [-0.3, -0.25) is 4.79 Å². The average Bonchev–Trinajstić information content (AvgIpc) is 2.16. The molecule has 1 heterocycles. The van der Waals surface area contributed by atoms with Gasteiger partial charge in [0.25, 0.3) is 0 Å². The molecule has 3 nitrogen and oxygen atoms in total. The molecule has 0 bridgehead atoms. The Hall–Kier alpha value is -1.59. The molecule has 14 heavy (non-hydrogen) atoms. The molecule has 6 heteroatoms. The molecule has 0 spiro atoms. The number of ketones is 1. The number of aromatic nitrogens is 1. The van der Waals surface area contributed by atoms with Crippen LogP contribution in [0.25, 0.3) is 0 Å². The van der Waals surface area contributed by atoms with Gasteiger partial charge in [0.2, 0.25) is 11.7 Å². The Bertz CT molecular complexity index is 354. The van der Waals surface area contributed by atoms with Crippen molar-refractivity contribution >= 4 is 5.78 Å². The van der Waals surface area contributed by atoms with Crippen molar-refractivity contribution in [3.8, 4) is 5.75 Å². The van der Waals surface area contributed by atoms with Crippen molar-refractivity contribution in [1.29, 1.82) is 0 Å².